The van der Waals surface area contributed by atoms with E-state index in [1.165, 1.54) is 6.92 Å². The summed E-state index contributed by atoms with van der Waals surface area (Å²) in [6.07, 6.45) is 0.715. The van der Waals surface area contributed by atoms with Crippen molar-refractivity contribution in [2.75, 3.05) is 6.26 Å². The van der Waals surface area contributed by atoms with Gasteiger partial charge in [0.1, 0.15) is 5.75 Å². The first-order valence-electron chi connectivity index (χ1n) is 3.95. The van der Waals surface area contributed by atoms with E-state index in [-0.39, 0.29) is 5.97 Å². The first-order valence-corrected chi connectivity index (χ1v) is 5.80. The Balaban J connectivity index is 0.000000336. The Kier molecular flexibility index (Phi) is 5.58. The number of hydrogen-bond donors (Lipinski definition) is 1. The Morgan fingerprint density at radius 2 is 1.67 bits per heavy atom. The van der Waals surface area contributed by atoms with Crippen molar-refractivity contribution < 1.29 is 22.5 Å². The molecule has 0 spiro atoms. The lowest BCUT2D eigenvalue weighted by Gasteiger charge is -1.97. The first kappa shape index (κ1) is 13.6. The quantitative estimate of drug-likeness (QED) is 0.445. The fraction of sp³-hybridized carbons (Fsp3) is 0.222. The molecule has 1 aromatic rings. The molecule has 0 atom stereocenters. The number of para-hydroxylation sites is 1. The molecule has 1 N–H and O–H groups in total. The number of rotatable bonds is 1. The molecule has 0 unspecified atom stereocenters. The van der Waals surface area contributed by atoms with Crippen molar-refractivity contribution in [2.24, 2.45) is 0 Å². The maximum absolute atomic E-state index is 10.4. The molecule has 5 nitrogen and oxygen atoms in total. The molecule has 84 valence electrons. The van der Waals surface area contributed by atoms with Gasteiger partial charge in [0.25, 0.3) is 10.1 Å². The molecule has 1 rings (SSSR count). The highest BCUT2D eigenvalue weighted by molar-refractivity contribution is 7.85. The van der Waals surface area contributed by atoms with Crippen molar-refractivity contribution >= 4 is 16.1 Å². The van der Waals surface area contributed by atoms with E-state index in [9.17, 15) is 13.2 Å². The number of hydrogen-bond acceptors (Lipinski definition) is 4. The molecule has 6 heteroatoms. The van der Waals surface area contributed by atoms with Gasteiger partial charge in [-0.05, 0) is 12.1 Å². The predicted molar refractivity (Wildman–Crippen MR) is 55.2 cm³/mol. The van der Waals surface area contributed by atoms with Crippen LogP contribution in [0.25, 0.3) is 0 Å². The third kappa shape index (κ3) is 12.6. The van der Waals surface area contributed by atoms with Crippen molar-refractivity contribution in [3.05, 3.63) is 30.3 Å². The molecule has 0 aliphatic rings. The highest BCUT2D eigenvalue weighted by Gasteiger charge is 1.92. The van der Waals surface area contributed by atoms with Crippen LogP contribution in [-0.2, 0) is 14.9 Å². The van der Waals surface area contributed by atoms with Crippen LogP contribution < -0.4 is 4.74 Å². The van der Waals surface area contributed by atoms with E-state index >= 15 is 0 Å². The first-order chi connectivity index (χ1) is 6.79. The summed E-state index contributed by atoms with van der Waals surface area (Å²) >= 11 is 0. The molecular weight excluding hydrogens is 220 g/mol. The van der Waals surface area contributed by atoms with Gasteiger partial charge in [-0.25, -0.2) is 0 Å². The van der Waals surface area contributed by atoms with Gasteiger partial charge in [-0.1, -0.05) is 18.2 Å². The molecule has 0 radical (unpaired) electrons. The lowest BCUT2D eigenvalue weighted by molar-refractivity contribution is -0.131. The van der Waals surface area contributed by atoms with Crippen molar-refractivity contribution in [3.63, 3.8) is 0 Å². The summed E-state index contributed by atoms with van der Waals surface area (Å²) in [5.74, 6) is 0.307. The largest absolute Gasteiger partial charge is 0.427 e. The summed E-state index contributed by atoms with van der Waals surface area (Å²) in [5.41, 5.74) is 0. The predicted octanol–water partition coefficient (Wildman–Crippen LogP) is 1.12. The average Bonchev–Trinajstić information content (AvgIpc) is 2.01. The zero-order valence-corrected chi connectivity index (χ0v) is 9.19. The fourth-order valence-corrected chi connectivity index (χ4v) is 0.655. The Hall–Kier alpha value is -1.40. The Morgan fingerprint density at radius 1 is 1.27 bits per heavy atom. The van der Waals surface area contributed by atoms with Gasteiger partial charge < -0.3 is 4.74 Å². The summed E-state index contributed by atoms with van der Waals surface area (Å²) in [5, 5.41) is 0. The Labute approximate surface area is 88.4 Å². The van der Waals surface area contributed by atoms with Crippen LogP contribution in [-0.4, -0.2) is 25.2 Å². The molecule has 0 saturated heterocycles. The van der Waals surface area contributed by atoms with Crippen molar-refractivity contribution in [1.29, 1.82) is 0 Å². The molecule has 15 heavy (non-hydrogen) atoms. The standard InChI is InChI=1S/C8H8O2.CH4O3S/c1-7(9)10-8-5-3-2-4-6-8;1-5(2,3)4/h2-6H,1H3;1H3,(H,2,3,4). The number of ether oxygens (including phenoxy) is 1. The van der Waals surface area contributed by atoms with E-state index in [0.29, 0.717) is 12.0 Å². The third-order valence-corrected chi connectivity index (χ3v) is 1.00. The Bertz CT molecular complexity index is 388. The minimum atomic E-state index is -3.67. The second-order valence-electron chi connectivity index (χ2n) is 2.64. The van der Waals surface area contributed by atoms with E-state index in [2.05, 4.69) is 0 Å². The molecule has 0 aliphatic heterocycles. The van der Waals surface area contributed by atoms with Gasteiger partial charge in [-0.3, -0.25) is 9.35 Å². The molecule has 0 aromatic heterocycles. The number of carbonyl (C=O) groups excluding carboxylic acids is 1. The van der Waals surface area contributed by atoms with Crippen LogP contribution in [0.2, 0.25) is 0 Å². The molecule has 0 aliphatic carbocycles. The van der Waals surface area contributed by atoms with E-state index in [1.807, 2.05) is 18.2 Å². The van der Waals surface area contributed by atoms with Gasteiger partial charge in [-0.15, -0.1) is 0 Å². The topological polar surface area (TPSA) is 80.7 Å². The molecular formula is C9H12O5S. The molecule has 0 amide bonds. The van der Waals surface area contributed by atoms with Crippen LogP contribution in [0.4, 0.5) is 0 Å². The monoisotopic (exact) mass is 232 g/mol. The van der Waals surface area contributed by atoms with Crippen LogP contribution in [0, 0.1) is 0 Å². The molecule has 1 aromatic carbocycles. The van der Waals surface area contributed by atoms with Gasteiger partial charge in [0.05, 0.1) is 6.26 Å². The number of esters is 1. The summed E-state index contributed by atoms with van der Waals surface area (Å²) in [4.78, 5) is 10.4. The van der Waals surface area contributed by atoms with E-state index < -0.39 is 10.1 Å². The lowest BCUT2D eigenvalue weighted by Crippen LogP contribution is -2.00. The van der Waals surface area contributed by atoms with Crippen molar-refractivity contribution in [2.45, 2.75) is 6.92 Å². The van der Waals surface area contributed by atoms with Gasteiger partial charge in [0.2, 0.25) is 0 Å². The molecule has 0 heterocycles. The Morgan fingerprint density at radius 3 is 2.00 bits per heavy atom. The van der Waals surface area contributed by atoms with Gasteiger partial charge >= 0.3 is 5.97 Å². The van der Waals surface area contributed by atoms with Crippen LogP contribution in [0.5, 0.6) is 5.75 Å². The maximum Gasteiger partial charge on any atom is 0.308 e. The van der Waals surface area contributed by atoms with E-state index in [0.717, 1.165) is 0 Å². The summed E-state index contributed by atoms with van der Waals surface area (Å²) in [6, 6.07) is 8.98. The zero-order valence-electron chi connectivity index (χ0n) is 8.38. The maximum atomic E-state index is 10.4. The molecule has 0 fully saturated rings. The minimum absolute atomic E-state index is 0.286. The SMILES string of the molecule is CC(=O)Oc1ccccc1.CS(=O)(=O)O. The second kappa shape index (κ2) is 6.15. The summed E-state index contributed by atoms with van der Waals surface area (Å²) in [6.45, 7) is 1.38. The fourth-order valence-electron chi connectivity index (χ4n) is 0.655. The summed E-state index contributed by atoms with van der Waals surface area (Å²) < 4.78 is 30.6. The van der Waals surface area contributed by atoms with Gasteiger partial charge in [-0.2, -0.15) is 8.42 Å². The van der Waals surface area contributed by atoms with Gasteiger partial charge in [0, 0.05) is 6.92 Å². The molecule has 0 bridgehead atoms. The smallest absolute Gasteiger partial charge is 0.308 e. The molecule has 0 saturated carbocycles. The van der Waals surface area contributed by atoms with Crippen LogP contribution in [0.15, 0.2) is 30.3 Å². The third-order valence-electron chi connectivity index (χ3n) is 1.00. The average molecular weight is 232 g/mol. The van der Waals surface area contributed by atoms with Crippen molar-refractivity contribution in [3.8, 4) is 5.75 Å². The highest BCUT2D eigenvalue weighted by Crippen LogP contribution is 2.07. The van der Waals surface area contributed by atoms with Crippen molar-refractivity contribution in [1.82, 2.24) is 0 Å². The zero-order chi connectivity index (χ0) is 11.9. The second-order valence-corrected chi connectivity index (χ2v) is 4.11. The minimum Gasteiger partial charge on any atom is -0.427 e. The summed E-state index contributed by atoms with van der Waals surface area (Å²) in [7, 11) is -3.67. The van der Waals surface area contributed by atoms with Crippen LogP contribution in [0.3, 0.4) is 0 Å². The van der Waals surface area contributed by atoms with Crippen LogP contribution in [0.1, 0.15) is 6.92 Å². The lowest BCUT2D eigenvalue weighted by atomic mass is 10.3. The highest BCUT2D eigenvalue weighted by atomic mass is 32.2. The number of carbonyl (C=O) groups is 1. The van der Waals surface area contributed by atoms with Gasteiger partial charge in [0.15, 0.2) is 0 Å². The van der Waals surface area contributed by atoms with E-state index in [1.54, 1.807) is 12.1 Å². The normalized spacial score (nSPS) is 9.80. The number of benzene rings is 1. The van der Waals surface area contributed by atoms with E-state index in [4.69, 9.17) is 9.29 Å². The van der Waals surface area contributed by atoms with Crippen LogP contribution >= 0.6 is 0 Å².